The molecule has 1 fully saturated rings. The summed E-state index contributed by atoms with van der Waals surface area (Å²) in [6.45, 7) is 3.82. The third-order valence-electron chi connectivity index (χ3n) is 2.88. The molecule has 0 atom stereocenters. The van der Waals surface area contributed by atoms with Crippen molar-refractivity contribution in [1.82, 2.24) is 20.2 Å². The molecule has 2 heterocycles. The predicted octanol–water partition coefficient (Wildman–Crippen LogP) is 0.366. The van der Waals surface area contributed by atoms with Gasteiger partial charge in [0, 0.05) is 31.4 Å². The minimum atomic E-state index is 0.140. The van der Waals surface area contributed by atoms with Gasteiger partial charge in [0.25, 0.3) is 0 Å². The Labute approximate surface area is 96.0 Å². The SMILES string of the molecule is OCCn1cc(CNN2CCCCC2)cn1. The Balaban J connectivity index is 1.75. The van der Waals surface area contributed by atoms with Crippen molar-refractivity contribution in [3.05, 3.63) is 18.0 Å². The average Bonchev–Trinajstić information content (AvgIpc) is 2.76. The van der Waals surface area contributed by atoms with Crippen LogP contribution >= 0.6 is 0 Å². The summed E-state index contributed by atoms with van der Waals surface area (Å²) in [4.78, 5) is 0. The quantitative estimate of drug-likeness (QED) is 0.758. The Bertz CT molecular complexity index is 307. The molecule has 1 aliphatic heterocycles. The lowest BCUT2D eigenvalue weighted by molar-refractivity contribution is 0.151. The van der Waals surface area contributed by atoms with Crippen molar-refractivity contribution in [1.29, 1.82) is 0 Å². The van der Waals surface area contributed by atoms with E-state index in [0.717, 1.165) is 19.6 Å². The summed E-state index contributed by atoms with van der Waals surface area (Å²) in [7, 11) is 0. The fourth-order valence-electron chi connectivity index (χ4n) is 1.98. The van der Waals surface area contributed by atoms with E-state index < -0.39 is 0 Å². The van der Waals surface area contributed by atoms with E-state index in [1.807, 2.05) is 12.4 Å². The number of hydrazine groups is 1. The van der Waals surface area contributed by atoms with Crippen LogP contribution in [-0.2, 0) is 13.1 Å². The van der Waals surface area contributed by atoms with Crippen LogP contribution in [0, 0.1) is 0 Å². The second kappa shape index (κ2) is 5.98. The molecule has 0 amide bonds. The van der Waals surface area contributed by atoms with Crippen molar-refractivity contribution in [2.24, 2.45) is 0 Å². The van der Waals surface area contributed by atoms with Crippen LogP contribution in [0.2, 0.25) is 0 Å². The number of nitrogens with one attached hydrogen (secondary N) is 1. The van der Waals surface area contributed by atoms with Gasteiger partial charge in [-0.25, -0.2) is 5.01 Å². The molecule has 5 nitrogen and oxygen atoms in total. The summed E-state index contributed by atoms with van der Waals surface area (Å²) in [5.74, 6) is 0. The van der Waals surface area contributed by atoms with E-state index in [9.17, 15) is 0 Å². The summed E-state index contributed by atoms with van der Waals surface area (Å²) in [6, 6.07) is 0. The zero-order valence-electron chi connectivity index (χ0n) is 9.60. The van der Waals surface area contributed by atoms with Crippen LogP contribution in [0.5, 0.6) is 0 Å². The first kappa shape index (κ1) is 11.6. The molecule has 2 N–H and O–H groups in total. The van der Waals surface area contributed by atoms with E-state index >= 15 is 0 Å². The van der Waals surface area contributed by atoms with Crippen molar-refractivity contribution in [2.75, 3.05) is 19.7 Å². The van der Waals surface area contributed by atoms with Crippen LogP contribution < -0.4 is 5.43 Å². The Morgan fingerprint density at radius 1 is 1.31 bits per heavy atom. The molecule has 0 unspecified atom stereocenters. The van der Waals surface area contributed by atoms with E-state index in [2.05, 4.69) is 15.5 Å². The van der Waals surface area contributed by atoms with Gasteiger partial charge >= 0.3 is 0 Å². The topological polar surface area (TPSA) is 53.3 Å². The number of rotatable bonds is 5. The molecule has 0 bridgehead atoms. The average molecular weight is 224 g/mol. The van der Waals surface area contributed by atoms with Gasteiger partial charge in [0.05, 0.1) is 19.3 Å². The summed E-state index contributed by atoms with van der Waals surface area (Å²) in [5, 5.41) is 15.2. The molecule has 1 aromatic heterocycles. The van der Waals surface area contributed by atoms with Crippen molar-refractivity contribution >= 4 is 0 Å². The van der Waals surface area contributed by atoms with Gasteiger partial charge in [-0.3, -0.25) is 10.1 Å². The van der Waals surface area contributed by atoms with E-state index in [-0.39, 0.29) is 6.61 Å². The molecular weight excluding hydrogens is 204 g/mol. The first-order valence-electron chi connectivity index (χ1n) is 5.99. The second-order valence-corrected chi connectivity index (χ2v) is 4.22. The lowest BCUT2D eigenvalue weighted by Gasteiger charge is -2.26. The number of piperidine rings is 1. The van der Waals surface area contributed by atoms with Gasteiger partial charge in [0.2, 0.25) is 0 Å². The molecule has 0 aliphatic carbocycles. The molecule has 0 radical (unpaired) electrons. The summed E-state index contributed by atoms with van der Waals surface area (Å²) in [6.07, 6.45) is 7.76. The molecule has 90 valence electrons. The monoisotopic (exact) mass is 224 g/mol. The van der Waals surface area contributed by atoms with Crippen molar-refractivity contribution in [2.45, 2.75) is 32.4 Å². The molecule has 1 aliphatic rings. The van der Waals surface area contributed by atoms with Crippen LogP contribution in [0.15, 0.2) is 12.4 Å². The molecule has 5 heteroatoms. The van der Waals surface area contributed by atoms with Crippen LogP contribution in [0.4, 0.5) is 0 Å². The zero-order valence-corrected chi connectivity index (χ0v) is 9.60. The molecule has 2 rings (SSSR count). The lowest BCUT2D eigenvalue weighted by Crippen LogP contribution is -2.41. The fourth-order valence-corrected chi connectivity index (χ4v) is 1.98. The highest BCUT2D eigenvalue weighted by Crippen LogP contribution is 2.06. The highest BCUT2D eigenvalue weighted by atomic mass is 16.3. The van der Waals surface area contributed by atoms with Gasteiger partial charge < -0.3 is 5.11 Å². The molecule has 1 saturated heterocycles. The molecule has 16 heavy (non-hydrogen) atoms. The maximum atomic E-state index is 8.78. The van der Waals surface area contributed by atoms with Gasteiger partial charge in [0.1, 0.15) is 0 Å². The largest absolute Gasteiger partial charge is 0.394 e. The first-order valence-corrected chi connectivity index (χ1v) is 5.99. The van der Waals surface area contributed by atoms with Crippen LogP contribution in [-0.4, -0.2) is 39.6 Å². The van der Waals surface area contributed by atoms with E-state index in [1.165, 1.54) is 24.8 Å². The number of aromatic nitrogens is 2. The smallest absolute Gasteiger partial charge is 0.0640 e. The Morgan fingerprint density at radius 2 is 2.12 bits per heavy atom. The maximum Gasteiger partial charge on any atom is 0.0640 e. The summed E-state index contributed by atoms with van der Waals surface area (Å²) in [5.41, 5.74) is 4.58. The standard InChI is InChI=1S/C11H20N4O/c16-7-6-15-10-11(9-13-15)8-12-14-4-2-1-3-5-14/h9-10,12,16H,1-8H2. The van der Waals surface area contributed by atoms with Gasteiger partial charge in [0.15, 0.2) is 0 Å². The summed E-state index contributed by atoms with van der Waals surface area (Å²) < 4.78 is 1.77. The van der Waals surface area contributed by atoms with Crippen LogP contribution in [0.25, 0.3) is 0 Å². The molecule has 1 aromatic rings. The third-order valence-corrected chi connectivity index (χ3v) is 2.88. The van der Waals surface area contributed by atoms with Crippen LogP contribution in [0.1, 0.15) is 24.8 Å². The minimum Gasteiger partial charge on any atom is -0.394 e. The van der Waals surface area contributed by atoms with Gasteiger partial charge in [-0.2, -0.15) is 5.10 Å². The zero-order chi connectivity index (χ0) is 11.2. The van der Waals surface area contributed by atoms with Crippen molar-refractivity contribution < 1.29 is 5.11 Å². The number of aliphatic hydroxyl groups excluding tert-OH is 1. The number of aliphatic hydroxyl groups is 1. The third kappa shape index (κ3) is 3.30. The second-order valence-electron chi connectivity index (χ2n) is 4.22. The molecular formula is C11H20N4O. The predicted molar refractivity (Wildman–Crippen MR) is 61.6 cm³/mol. The molecule has 0 spiro atoms. The Morgan fingerprint density at radius 3 is 2.88 bits per heavy atom. The van der Waals surface area contributed by atoms with Gasteiger partial charge in [-0.05, 0) is 12.8 Å². The van der Waals surface area contributed by atoms with Gasteiger partial charge in [-0.1, -0.05) is 6.42 Å². The molecule has 0 saturated carbocycles. The number of hydrogen-bond donors (Lipinski definition) is 2. The van der Waals surface area contributed by atoms with Gasteiger partial charge in [-0.15, -0.1) is 0 Å². The maximum absolute atomic E-state index is 8.78. The first-order chi connectivity index (χ1) is 7.88. The van der Waals surface area contributed by atoms with E-state index in [0.29, 0.717) is 6.54 Å². The fraction of sp³-hybridized carbons (Fsp3) is 0.727. The Hall–Kier alpha value is -0.910. The normalized spacial score (nSPS) is 17.8. The van der Waals surface area contributed by atoms with E-state index in [1.54, 1.807) is 4.68 Å². The van der Waals surface area contributed by atoms with Crippen molar-refractivity contribution in [3.8, 4) is 0 Å². The highest BCUT2D eigenvalue weighted by molar-refractivity contribution is 5.02. The van der Waals surface area contributed by atoms with Crippen LogP contribution in [0.3, 0.4) is 0 Å². The van der Waals surface area contributed by atoms with Crippen molar-refractivity contribution in [3.63, 3.8) is 0 Å². The number of hydrogen-bond acceptors (Lipinski definition) is 4. The lowest BCUT2D eigenvalue weighted by atomic mass is 10.2. The summed E-state index contributed by atoms with van der Waals surface area (Å²) >= 11 is 0. The Kier molecular flexibility index (Phi) is 4.33. The highest BCUT2D eigenvalue weighted by Gasteiger charge is 2.09. The minimum absolute atomic E-state index is 0.140. The van der Waals surface area contributed by atoms with E-state index in [4.69, 9.17) is 5.11 Å². The molecule has 0 aromatic carbocycles. The number of nitrogens with zero attached hydrogens (tertiary/aromatic N) is 3.